The van der Waals surface area contributed by atoms with Crippen LogP contribution in [0.25, 0.3) is 0 Å². The molecule has 0 aliphatic heterocycles. The van der Waals surface area contributed by atoms with E-state index in [0.717, 1.165) is 5.56 Å². The lowest BCUT2D eigenvalue weighted by Gasteiger charge is -2.05. The minimum atomic E-state index is -1.15. The molecule has 0 radical (unpaired) electrons. The fourth-order valence-corrected chi connectivity index (χ4v) is 1.53. The van der Waals surface area contributed by atoms with Crippen molar-refractivity contribution in [2.45, 2.75) is 13.2 Å². The standard InChI is InChI=1S/C14H13NO5/c16-13(17)12-6-11(9-19-12)7-15-14(18)20-8-10-4-2-1-3-5-10/h1-6,9H,7-8H2,(H,15,18)(H,16,17). The molecule has 0 saturated carbocycles. The van der Waals surface area contributed by atoms with E-state index in [9.17, 15) is 9.59 Å². The summed E-state index contributed by atoms with van der Waals surface area (Å²) in [5.74, 6) is -1.32. The van der Waals surface area contributed by atoms with Crippen LogP contribution in [0.2, 0.25) is 0 Å². The van der Waals surface area contributed by atoms with Crippen LogP contribution < -0.4 is 5.32 Å². The third kappa shape index (κ3) is 3.88. The molecule has 104 valence electrons. The molecule has 0 aliphatic carbocycles. The van der Waals surface area contributed by atoms with E-state index in [1.54, 1.807) is 0 Å². The summed E-state index contributed by atoms with van der Waals surface area (Å²) in [5.41, 5.74) is 1.44. The van der Waals surface area contributed by atoms with Gasteiger partial charge in [0.15, 0.2) is 0 Å². The SMILES string of the molecule is O=C(NCc1coc(C(=O)O)c1)OCc1ccccc1. The molecule has 0 atom stereocenters. The minimum Gasteiger partial charge on any atom is -0.475 e. The van der Waals surface area contributed by atoms with Crippen LogP contribution in [0.1, 0.15) is 21.7 Å². The summed E-state index contributed by atoms with van der Waals surface area (Å²) in [7, 11) is 0. The van der Waals surface area contributed by atoms with Gasteiger partial charge in [-0.1, -0.05) is 30.3 Å². The van der Waals surface area contributed by atoms with Crippen molar-refractivity contribution in [2.24, 2.45) is 0 Å². The maximum absolute atomic E-state index is 11.5. The number of hydrogen-bond acceptors (Lipinski definition) is 4. The number of benzene rings is 1. The molecule has 1 heterocycles. The van der Waals surface area contributed by atoms with Crippen LogP contribution in [0.5, 0.6) is 0 Å². The van der Waals surface area contributed by atoms with Gasteiger partial charge < -0.3 is 19.6 Å². The number of aromatic carboxylic acids is 1. The predicted molar refractivity (Wildman–Crippen MR) is 69.1 cm³/mol. The molecule has 2 aromatic rings. The maximum atomic E-state index is 11.5. The summed E-state index contributed by atoms with van der Waals surface area (Å²) in [4.78, 5) is 22.1. The van der Waals surface area contributed by atoms with Gasteiger partial charge in [-0.05, 0) is 11.6 Å². The van der Waals surface area contributed by atoms with Crippen molar-refractivity contribution in [3.05, 3.63) is 59.5 Å². The Labute approximate surface area is 115 Å². The summed E-state index contributed by atoms with van der Waals surface area (Å²) in [6.07, 6.45) is 0.702. The number of furan rings is 1. The molecule has 20 heavy (non-hydrogen) atoms. The van der Waals surface area contributed by atoms with Crippen molar-refractivity contribution in [3.8, 4) is 0 Å². The molecule has 0 bridgehead atoms. The van der Waals surface area contributed by atoms with E-state index in [-0.39, 0.29) is 18.9 Å². The molecular formula is C14H13NO5. The van der Waals surface area contributed by atoms with E-state index in [1.165, 1.54) is 12.3 Å². The van der Waals surface area contributed by atoms with E-state index in [1.807, 2.05) is 30.3 Å². The molecule has 6 heteroatoms. The molecular weight excluding hydrogens is 262 g/mol. The molecule has 0 unspecified atom stereocenters. The number of rotatable bonds is 5. The number of nitrogens with one attached hydrogen (secondary N) is 1. The molecule has 0 aliphatic rings. The number of alkyl carbamates (subject to hydrolysis) is 1. The summed E-state index contributed by atoms with van der Waals surface area (Å²) in [6, 6.07) is 10.6. The predicted octanol–water partition coefficient (Wildman–Crippen LogP) is 2.40. The van der Waals surface area contributed by atoms with Crippen LogP contribution >= 0.6 is 0 Å². The van der Waals surface area contributed by atoms with E-state index >= 15 is 0 Å². The van der Waals surface area contributed by atoms with Gasteiger partial charge in [0.25, 0.3) is 0 Å². The monoisotopic (exact) mass is 275 g/mol. The first-order chi connectivity index (χ1) is 9.65. The minimum absolute atomic E-state index is 0.143. The Morgan fingerprint density at radius 1 is 1.20 bits per heavy atom. The lowest BCUT2D eigenvalue weighted by molar-refractivity contribution is 0.0662. The van der Waals surface area contributed by atoms with Gasteiger partial charge in [0.2, 0.25) is 5.76 Å². The van der Waals surface area contributed by atoms with E-state index in [2.05, 4.69) is 5.32 Å². The fourth-order valence-electron chi connectivity index (χ4n) is 1.53. The van der Waals surface area contributed by atoms with E-state index < -0.39 is 12.1 Å². The highest BCUT2D eigenvalue weighted by Crippen LogP contribution is 2.07. The van der Waals surface area contributed by atoms with Crippen LogP contribution in [-0.2, 0) is 17.9 Å². The summed E-state index contributed by atoms with van der Waals surface area (Å²) in [6.45, 7) is 0.322. The molecule has 6 nitrogen and oxygen atoms in total. The summed E-state index contributed by atoms with van der Waals surface area (Å²) < 4.78 is 9.80. The molecule has 2 rings (SSSR count). The first-order valence-corrected chi connectivity index (χ1v) is 5.90. The van der Waals surface area contributed by atoms with Gasteiger partial charge in [-0.2, -0.15) is 0 Å². The van der Waals surface area contributed by atoms with Crippen molar-refractivity contribution in [1.29, 1.82) is 0 Å². The van der Waals surface area contributed by atoms with Gasteiger partial charge >= 0.3 is 12.1 Å². The van der Waals surface area contributed by atoms with Gasteiger partial charge in [0, 0.05) is 12.1 Å². The second kappa shape index (κ2) is 6.42. The van der Waals surface area contributed by atoms with E-state index in [0.29, 0.717) is 5.56 Å². The molecule has 0 saturated heterocycles. The molecule has 2 N–H and O–H groups in total. The number of carboxylic acid groups (broad SMARTS) is 1. The maximum Gasteiger partial charge on any atom is 0.407 e. The Morgan fingerprint density at radius 2 is 1.95 bits per heavy atom. The molecule has 0 fully saturated rings. The zero-order valence-electron chi connectivity index (χ0n) is 10.5. The Bertz CT molecular complexity index is 591. The second-order valence-corrected chi connectivity index (χ2v) is 4.04. The Hall–Kier alpha value is -2.76. The van der Waals surface area contributed by atoms with Crippen molar-refractivity contribution in [2.75, 3.05) is 0 Å². The molecule has 1 aromatic carbocycles. The van der Waals surface area contributed by atoms with Crippen LogP contribution in [0.15, 0.2) is 47.1 Å². The van der Waals surface area contributed by atoms with Crippen molar-refractivity contribution in [3.63, 3.8) is 0 Å². The Balaban J connectivity index is 1.76. The van der Waals surface area contributed by atoms with Crippen LogP contribution in [0, 0.1) is 0 Å². The summed E-state index contributed by atoms with van der Waals surface area (Å²) in [5, 5.41) is 11.2. The average molecular weight is 275 g/mol. The van der Waals surface area contributed by atoms with Gasteiger partial charge in [0.1, 0.15) is 6.61 Å². The van der Waals surface area contributed by atoms with Gasteiger partial charge in [-0.3, -0.25) is 0 Å². The normalized spacial score (nSPS) is 10.0. The van der Waals surface area contributed by atoms with Gasteiger partial charge in [-0.25, -0.2) is 9.59 Å². The van der Waals surface area contributed by atoms with Gasteiger partial charge in [-0.15, -0.1) is 0 Å². The highest BCUT2D eigenvalue weighted by Gasteiger charge is 2.10. The van der Waals surface area contributed by atoms with Crippen molar-refractivity contribution < 1.29 is 23.8 Å². The number of carbonyl (C=O) groups is 2. The third-order valence-electron chi connectivity index (χ3n) is 2.51. The van der Waals surface area contributed by atoms with Crippen LogP contribution in [0.4, 0.5) is 4.79 Å². The molecule has 1 amide bonds. The number of carboxylic acids is 1. The highest BCUT2D eigenvalue weighted by atomic mass is 16.5. The smallest absolute Gasteiger partial charge is 0.407 e. The zero-order chi connectivity index (χ0) is 14.4. The average Bonchev–Trinajstić information content (AvgIpc) is 2.93. The first-order valence-electron chi connectivity index (χ1n) is 5.90. The quantitative estimate of drug-likeness (QED) is 0.874. The first kappa shape index (κ1) is 13.7. The van der Waals surface area contributed by atoms with Crippen molar-refractivity contribution >= 4 is 12.1 Å². The molecule has 1 aromatic heterocycles. The number of carbonyl (C=O) groups excluding carboxylic acids is 1. The lowest BCUT2D eigenvalue weighted by atomic mass is 10.2. The topological polar surface area (TPSA) is 88.8 Å². The van der Waals surface area contributed by atoms with Crippen LogP contribution in [-0.4, -0.2) is 17.2 Å². The third-order valence-corrected chi connectivity index (χ3v) is 2.51. The zero-order valence-corrected chi connectivity index (χ0v) is 10.5. The lowest BCUT2D eigenvalue weighted by Crippen LogP contribution is -2.23. The number of hydrogen-bond donors (Lipinski definition) is 2. The van der Waals surface area contributed by atoms with Gasteiger partial charge in [0.05, 0.1) is 6.26 Å². The van der Waals surface area contributed by atoms with Crippen molar-refractivity contribution in [1.82, 2.24) is 5.32 Å². The summed E-state index contributed by atoms with van der Waals surface area (Å²) >= 11 is 0. The highest BCUT2D eigenvalue weighted by molar-refractivity contribution is 5.84. The number of amides is 1. The second-order valence-electron chi connectivity index (χ2n) is 4.04. The molecule has 0 spiro atoms. The van der Waals surface area contributed by atoms with Crippen LogP contribution in [0.3, 0.4) is 0 Å². The largest absolute Gasteiger partial charge is 0.475 e. The van der Waals surface area contributed by atoms with E-state index in [4.69, 9.17) is 14.3 Å². The number of ether oxygens (including phenoxy) is 1. The fraction of sp³-hybridized carbons (Fsp3) is 0.143. The Morgan fingerprint density at radius 3 is 2.60 bits per heavy atom. The Kier molecular flexibility index (Phi) is 4.39.